The second kappa shape index (κ2) is 23.0. The zero-order valence-electron chi connectivity index (χ0n) is 46.1. The number of nitrogens with zero attached hydrogens (tertiary/aromatic N) is 8. The number of ether oxygens (including phenoxy) is 3. The summed E-state index contributed by atoms with van der Waals surface area (Å²) >= 11 is 1.54. The van der Waals surface area contributed by atoms with Crippen LogP contribution < -0.4 is 25.0 Å². The van der Waals surface area contributed by atoms with Crippen LogP contribution in [0.15, 0.2) is 84.6 Å². The van der Waals surface area contributed by atoms with Crippen molar-refractivity contribution in [2.24, 2.45) is 5.92 Å². The lowest BCUT2D eigenvalue weighted by molar-refractivity contribution is -0.142. The number of amides is 2. The molecule has 2 saturated heterocycles. The van der Waals surface area contributed by atoms with Crippen molar-refractivity contribution >= 4 is 50.6 Å². The SMILES string of the molecule is CO[C@@H](C)COc1cc(N(C)[C@H]2CCNC2)c2cc(C3CC3)c(-c3c(C)c(F)cc4[nH]ncc34)c(OCc3ccc(-c4cn([C@H](C(=O)N5C[C@H](O)C[C@H]5C(=O)N[C@@H](CO)c5ccc(-c6scnc6C)cc5)C(C)C)nn4)cc3)c2n1. The Kier molecular flexibility index (Phi) is 15.7. The van der Waals surface area contributed by atoms with E-state index < -0.39 is 30.1 Å². The lowest BCUT2D eigenvalue weighted by Gasteiger charge is -2.30. The van der Waals surface area contributed by atoms with Gasteiger partial charge in [0.25, 0.3) is 0 Å². The molecule has 4 aromatic carbocycles. The first-order valence-electron chi connectivity index (χ1n) is 27.5. The van der Waals surface area contributed by atoms with E-state index in [1.54, 1.807) is 43.3 Å². The van der Waals surface area contributed by atoms with E-state index in [0.717, 1.165) is 87.2 Å². The van der Waals surface area contributed by atoms with Crippen molar-refractivity contribution in [1.82, 2.24) is 50.7 Å². The molecule has 1 aliphatic carbocycles. The van der Waals surface area contributed by atoms with E-state index in [1.807, 2.05) is 82.3 Å². The number of aliphatic hydroxyl groups excluding tert-OH is 2. The van der Waals surface area contributed by atoms with Crippen molar-refractivity contribution in [3.05, 3.63) is 118 Å². The molecule has 6 heterocycles. The number of rotatable bonds is 20. The van der Waals surface area contributed by atoms with Crippen LogP contribution in [0.4, 0.5) is 10.1 Å². The Morgan fingerprint density at radius 1 is 0.988 bits per heavy atom. The van der Waals surface area contributed by atoms with E-state index in [0.29, 0.717) is 45.0 Å². The molecule has 0 radical (unpaired) electrons. The van der Waals surface area contributed by atoms with Crippen LogP contribution in [0.25, 0.3) is 54.6 Å². The highest BCUT2D eigenvalue weighted by Gasteiger charge is 2.43. The Morgan fingerprint density at radius 3 is 2.45 bits per heavy atom. The smallest absolute Gasteiger partial charge is 0.248 e. The van der Waals surface area contributed by atoms with Gasteiger partial charge in [0, 0.05) is 73.2 Å². The quantitative estimate of drug-likeness (QED) is 0.0483. The summed E-state index contributed by atoms with van der Waals surface area (Å²) in [7, 11) is 3.76. The number of β-amino-alcohol motifs (C(OH)–C–C–N with tert-alkyl or cyclic N) is 1. The van der Waals surface area contributed by atoms with Gasteiger partial charge in [-0.3, -0.25) is 14.7 Å². The van der Waals surface area contributed by atoms with Gasteiger partial charge >= 0.3 is 0 Å². The second-order valence-corrected chi connectivity index (χ2v) is 22.8. The van der Waals surface area contributed by atoms with Crippen molar-refractivity contribution in [2.45, 2.75) is 109 Å². The van der Waals surface area contributed by atoms with Crippen LogP contribution in [-0.4, -0.2) is 133 Å². The van der Waals surface area contributed by atoms with Gasteiger partial charge in [-0.05, 0) is 98.4 Å². The first-order valence-corrected chi connectivity index (χ1v) is 28.3. The van der Waals surface area contributed by atoms with E-state index in [1.165, 1.54) is 15.6 Å². The molecule has 2 amide bonds. The number of thiazole rings is 1. The molecule has 0 bridgehead atoms. The zero-order chi connectivity index (χ0) is 55.9. The van der Waals surface area contributed by atoms with E-state index in [4.69, 9.17) is 19.2 Å². The highest BCUT2D eigenvalue weighted by atomic mass is 32.1. The fourth-order valence-corrected chi connectivity index (χ4v) is 12.1. The van der Waals surface area contributed by atoms with Crippen molar-refractivity contribution in [2.75, 3.05) is 51.9 Å². The molecule has 5 N–H and O–H groups in total. The van der Waals surface area contributed by atoms with Gasteiger partial charge in [-0.15, -0.1) is 16.4 Å². The number of hydrogen-bond donors (Lipinski definition) is 5. The van der Waals surface area contributed by atoms with Crippen molar-refractivity contribution < 1.29 is 38.4 Å². The molecule has 11 rings (SSSR count). The van der Waals surface area contributed by atoms with Gasteiger partial charge in [-0.2, -0.15) is 5.10 Å². The molecular weight excluding hydrogens is 1040 g/mol. The Balaban J connectivity index is 0.872. The first-order chi connectivity index (χ1) is 38.7. The molecule has 0 unspecified atom stereocenters. The number of H-pyrrole nitrogens is 1. The Hall–Kier alpha value is -7.36. The average molecular weight is 1110 g/mol. The fraction of sp³-hybridized carbons (Fsp3) is 0.417. The lowest BCUT2D eigenvalue weighted by atomic mass is 9.88. The van der Waals surface area contributed by atoms with Crippen LogP contribution in [0, 0.1) is 25.6 Å². The van der Waals surface area contributed by atoms with Crippen molar-refractivity contribution in [3.8, 4) is 44.5 Å². The van der Waals surface area contributed by atoms with Crippen molar-refractivity contribution in [1.29, 1.82) is 0 Å². The summed E-state index contributed by atoms with van der Waals surface area (Å²) in [5.74, 6) is -0.312. The molecule has 3 aliphatic rings. The summed E-state index contributed by atoms with van der Waals surface area (Å²) in [4.78, 5) is 42.9. The highest BCUT2D eigenvalue weighted by Crippen LogP contribution is 2.53. The molecule has 18 nitrogen and oxygen atoms in total. The number of aromatic nitrogens is 7. The largest absolute Gasteiger partial charge is 0.486 e. The Labute approximate surface area is 467 Å². The number of halogens is 1. The topological polar surface area (TPSA) is 218 Å². The van der Waals surface area contributed by atoms with E-state index >= 15 is 4.39 Å². The highest BCUT2D eigenvalue weighted by molar-refractivity contribution is 7.13. The number of aromatic amines is 1. The van der Waals surface area contributed by atoms with E-state index in [-0.39, 0.29) is 68.5 Å². The normalized spacial score (nSPS) is 18.5. The van der Waals surface area contributed by atoms with Crippen molar-refractivity contribution in [3.63, 3.8) is 0 Å². The van der Waals surface area contributed by atoms with Gasteiger partial charge in [-0.1, -0.05) is 67.6 Å². The number of hydrogen-bond acceptors (Lipinski definition) is 15. The molecular formula is C60H68FN11O7S. The number of carbonyl (C=O) groups is 2. The van der Waals surface area contributed by atoms with Gasteiger partial charge in [-0.25, -0.2) is 19.0 Å². The van der Waals surface area contributed by atoms with Crippen LogP contribution in [0.3, 0.4) is 0 Å². The Morgan fingerprint density at radius 2 is 1.76 bits per heavy atom. The minimum atomic E-state index is -0.979. The van der Waals surface area contributed by atoms with E-state index in [2.05, 4.69) is 54.1 Å². The minimum absolute atomic E-state index is 0.0371. The van der Waals surface area contributed by atoms with Gasteiger partial charge in [0.15, 0.2) is 5.75 Å². The summed E-state index contributed by atoms with van der Waals surface area (Å²) in [5, 5.41) is 45.8. The predicted octanol–water partition coefficient (Wildman–Crippen LogP) is 8.59. The number of likely N-dealkylation sites (N-methyl/N-ethyl adjacent to an activating group) is 1. The summed E-state index contributed by atoms with van der Waals surface area (Å²) in [5.41, 5.74) is 11.7. The number of likely N-dealkylation sites (tertiary alicyclic amines) is 1. The molecule has 8 aromatic rings. The number of pyridine rings is 1. The molecule has 4 aromatic heterocycles. The van der Waals surface area contributed by atoms with Crippen LogP contribution in [-0.2, 0) is 20.9 Å². The third kappa shape index (κ3) is 10.9. The summed E-state index contributed by atoms with van der Waals surface area (Å²) in [6.45, 7) is 11.3. The van der Waals surface area contributed by atoms with Gasteiger partial charge in [0.2, 0.25) is 17.7 Å². The van der Waals surface area contributed by atoms with E-state index in [9.17, 15) is 19.8 Å². The number of anilines is 1. The van der Waals surface area contributed by atoms with Crippen LogP contribution in [0.2, 0.25) is 0 Å². The first kappa shape index (κ1) is 54.6. The Bertz CT molecular complexity index is 3540. The molecule has 3 fully saturated rings. The standard InChI is InChI=1S/C60H68FN11O7S/c1-32(2)56(60(76)71-26-42(74)20-51(71)59(75)65-49(28-73)39-14-16-40(17-15-39)58-35(5)63-31-80-58)72-27-48(68-69-72)38-10-8-36(9-11-38)30-79-57-54(53-34(4)46(61)22-47-45(53)25-64-67-47)43(37-12-13-37)21-44-50(70(6)41-18-19-62-24-41)23-52(66-55(44)57)78-29-33(3)77-7/h8-11,14-17,21-23,25,27,31-33,37,41-42,49,51,56,62,73-74H,12-13,18-20,24,26,28-30H2,1-7H3,(H,64,67)(H,65,75)/t33-,41-,42+,49-,51-,56-/m0/s1. The third-order valence-corrected chi connectivity index (χ3v) is 17.1. The molecule has 80 heavy (non-hydrogen) atoms. The summed E-state index contributed by atoms with van der Waals surface area (Å²) in [6.07, 6.45) is 5.34. The second-order valence-electron chi connectivity index (χ2n) is 21.9. The van der Waals surface area contributed by atoms with Crippen LogP contribution >= 0.6 is 11.3 Å². The van der Waals surface area contributed by atoms with Gasteiger partial charge in [0.1, 0.15) is 42.3 Å². The fourth-order valence-electron chi connectivity index (χ4n) is 11.3. The number of carbonyl (C=O) groups excluding carboxylic acids is 2. The number of benzene rings is 4. The number of aliphatic hydroxyl groups is 2. The number of methoxy groups -OCH3 is 1. The molecule has 2 aliphatic heterocycles. The van der Waals surface area contributed by atoms with Crippen LogP contribution in [0.5, 0.6) is 11.6 Å². The average Bonchev–Trinajstić information content (AvgIpc) is 3.62. The molecule has 1 saturated carbocycles. The van der Waals surface area contributed by atoms with Gasteiger partial charge < -0.3 is 44.9 Å². The monoisotopic (exact) mass is 1110 g/mol. The number of aryl methyl sites for hydroxylation is 1. The summed E-state index contributed by atoms with van der Waals surface area (Å²) < 4.78 is 36.7. The lowest BCUT2D eigenvalue weighted by Crippen LogP contribution is -2.50. The maximum atomic E-state index is 16.1. The number of fused-ring (bicyclic) bond motifs is 2. The maximum Gasteiger partial charge on any atom is 0.248 e. The molecule has 418 valence electrons. The van der Waals surface area contributed by atoms with Gasteiger partial charge in [0.05, 0.1) is 64.5 Å². The predicted molar refractivity (Wildman–Crippen MR) is 305 cm³/mol. The summed E-state index contributed by atoms with van der Waals surface area (Å²) in [6, 6.07) is 18.8. The number of nitrogens with one attached hydrogen (secondary N) is 3. The molecule has 20 heteroatoms. The molecule has 0 spiro atoms. The third-order valence-electron chi connectivity index (χ3n) is 16.1. The maximum absolute atomic E-state index is 16.1. The minimum Gasteiger partial charge on any atom is -0.486 e. The van der Waals surface area contributed by atoms with Crippen LogP contribution in [0.1, 0.15) is 92.4 Å². The zero-order valence-corrected chi connectivity index (χ0v) is 46.9. The molecule has 6 atom stereocenters.